The maximum Gasteiger partial charge on any atom is 0.241 e. The first-order chi connectivity index (χ1) is 16.6. The van der Waals surface area contributed by atoms with Crippen LogP contribution in [0.25, 0.3) is 16.9 Å². The minimum atomic E-state index is -3.77. The number of hydrogen-bond acceptors (Lipinski definition) is 3. The van der Waals surface area contributed by atoms with E-state index in [1.807, 2.05) is 32.0 Å². The number of nitrogens with zero attached hydrogens (tertiary/aromatic N) is 2. The van der Waals surface area contributed by atoms with Crippen molar-refractivity contribution in [3.8, 4) is 16.9 Å². The standard InChI is InChI=1S/C25H21BrCl3N3O2S/c1-3-16-12-18(26)6-11-24(16)35(33,34)30-14-22-15(2)25(17-4-7-19(27)8-5-17)32(31-22)23-10-9-20(28)13-21(23)29/h4-13,30H,3,14H2,1-2H3. The van der Waals surface area contributed by atoms with Crippen LogP contribution in [-0.2, 0) is 23.0 Å². The summed E-state index contributed by atoms with van der Waals surface area (Å²) in [7, 11) is -3.77. The number of rotatable bonds is 7. The average molecular weight is 614 g/mol. The Bertz CT molecular complexity index is 1500. The van der Waals surface area contributed by atoms with Crippen molar-refractivity contribution in [2.24, 2.45) is 0 Å². The molecule has 0 spiro atoms. The van der Waals surface area contributed by atoms with Crippen LogP contribution in [0.4, 0.5) is 0 Å². The molecule has 1 N–H and O–H groups in total. The van der Waals surface area contributed by atoms with Crippen molar-refractivity contribution in [2.45, 2.75) is 31.7 Å². The largest absolute Gasteiger partial charge is 0.241 e. The molecule has 0 amide bonds. The van der Waals surface area contributed by atoms with Crippen molar-refractivity contribution in [3.05, 3.63) is 97.0 Å². The van der Waals surface area contributed by atoms with Crippen LogP contribution < -0.4 is 4.72 Å². The highest BCUT2D eigenvalue weighted by Crippen LogP contribution is 2.33. The predicted molar refractivity (Wildman–Crippen MR) is 146 cm³/mol. The maximum atomic E-state index is 13.2. The smallest absolute Gasteiger partial charge is 0.231 e. The van der Waals surface area contributed by atoms with Gasteiger partial charge in [-0.3, -0.25) is 0 Å². The van der Waals surface area contributed by atoms with Crippen LogP contribution in [0.15, 0.2) is 70.0 Å². The molecule has 4 aromatic rings. The summed E-state index contributed by atoms with van der Waals surface area (Å²) in [6.45, 7) is 3.82. The zero-order valence-electron chi connectivity index (χ0n) is 18.8. The van der Waals surface area contributed by atoms with Crippen LogP contribution in [-0.4, -0.2) is 18.2 Å². The van der Waals surface area contributed by atoms with Gasteiger partial charge in [0.05, 0.1) is 33.5 Å². The Kier molecular flexibility index (Phi) is 7.95. The number of nitrogens with one attached hydrogen (secondary N) is 1. The summed E-state index contributed by atoms with van der Waals surface area (Å²) in [5.74, 6) is 0. The minimum absolute atomic E-state index is 0.00613. The summed E-state index contributed by atoms with van der Waals surface area (Å²) < 4.78 is 31.6. The molecule has 0 radical (unpaired) electrons. The molecule has 0 fully saturated rings. The molecule has 182 valence electrons. The topological polar surface area (TPSA) is 64.0 Å². The number of halogens is 4. The molecule has 0 aliphatic carbocycles. The molecular weight excluding hydrogens is 593 g/mol. The normalized spacial score (nSPS) is 11.7. The third-order valence-electron chi connectivity index (χ3n) is 5.60. The van der Waals surface area contributed by atoms with Gasteiger partial charge in [-0.25, -0.2) is 17.8 Å². The number of aromatic nitrogens is 2. The first-order valence-corrected chi connectivity index (χ1v) is 14.1. The van der Waals surface area contributed by atoms with Crippen molar-refractivity contribution in [3.63, 3.8) is 0 Å². The lowest BCUT2D eigenvalue weighted by Crippen LogP contribution is -2.25. The molecule has 0 saturated carbocycles. The van der Waals surface area contributed by atoms with Gasteiger partial charge in [0, 0.05) is 25.6 Å². The summed E-state index contributed by atoms with van der Waals surface area (Å²) in [5.41, 5.74) is 4.37. The van der Waals surface area contributed by atoms with Crippen LogP contribution in [0.5, 0.6) is 0 Å². The third kappa shape index (κ3) is 5.61. The average Bonchev–Trinajstić information content (AvgIpc) is 3.14. The highest BCUT2D eigenvalue weighted by atomic mass is 79.9. The Balaban J connectivity index is 1.77. The monoisotopic (exact) mass is 611 g/mol. The van der Waals surface area contributed by atoms with E-state index < -0.39 is 10.0 Å². The minimum Gasteiger partial charge on any atom is -0.231 e. The Morgan fingerprint density at radius 2 is 1.66 bits per heavy atom. The van der Waals surface area contributed by atoms with Crippen LogP contribution in [0.1, 0.15) is 23.7 Å². The first kappa shape index (κ1) is 26.2. The molecule has 1 aromatic heterocycles. The molecule has 5 nitrogen and oxygen atoms in total. The molecule has 3 aromatic carbocycles. The van der Waals surface area contributed by atoms with Gasteiger partial charge < -0.3 is 0 Å². The van der Waals surface area contributed by atoms with E-state index in [-0.39, 0.29) is 11.4 Å². The Hall–Kier alpha value is -1.87. The lowest BCUT2D eigenvalue weighted by atomic mass is 10.1. The Labute approximate surface area is 228 Å². The summed E-state index contributed by atoms with van der Waals surface area (Å²) in [5, 5.41) is 6.28. The molecule has 0 bridgehead atoms. The van der Waals surface area contributed by atoms with E-state index in [1.54, 1.807) is 47.1 Å². The fraction of sp³-hybridized carbons (Fsp3) is 0.160. The van der Waals surface area contributed by atoms with Crippen molar-refractivity contribution in [1.29, 1.82) is 0 Å². The van der Waals surface area contributed by atoms with Gasteiger partial charge in [-0.15, -0.1) is 0 Å². The molecule has 10 heteroatoms. The fourth-order valence-electron chi connectivity index (χ4n) is 3.81. The number of hydrogen-bond donors (Lipinski definition) is 1. The second-order valence-corrected chi connectivity index (χ2v) is 11.8. The predicted octanol–water partition coefficient (Wildman–Crippen LogP) is 7.61. The van der Waals surface area contributed by atoms with Gasteiger partial charge >= 0.3 is 0 Å². The summed E-state index contributed by atoms with van der Waals surface area (Å²) in [6, 6.07) is 17.6. The van der Waals surface area contributed by atoms with E-state index in [0.29, 0.717) is 32.9 Å². The van der Waals surface area contributed by atoms with Crippen molar-refractivity contribution in [1.82, 2.24) is 14.5 Å². The highest BCUT2D eigenvalue weighted by Gasteiger charge is 2.22. The zero-order valence-corrected chi connectivity index (χ0v) is 23.5. The van der Waals surface area contributed by atoms with Crippen LogP contribution in [0.2, 0.25) is 15.1 Å². The summed E-state index contributed by atoms with van der Waals surface area (Å²) in [6.07, 6.45) is 0.582. The molecular formula is C25H21BrCl3N3O2S. The van der Waals surface area contributed by atoms with Crippen LogP contribution in [0, 0.1) is 6.92 Å². The van der Waals surface area contributed by atoms with E-state index in [9.17, 15) is 8.42 Å². The SMILES string of the molecule is CCc1cc(Br)ccc1S(=O)(=O)NCc1nn(-c2ccc(Cl)cc2Cl)c(-c2ccc(Cl)cc2)c1C. The summed E-state index contributed by atoms with van der Waals surface area (Å²) in [4.78, 5) is 0.249. The number of sulfonamides is 1. The van der Waals surface area contributed by atoms with Gasteiger partial charge in [0.1, 0.15) is 0 Å². The Morgan fingerprint density at radius 1 is 0.971 bits per heavy atom. The van der Waals surface area contributed by atoms with Crippen molar-refractivity contribution >= 4 is 60.8 Å². The molecule has 0 saturated heterocycles. The van der Waals surface area contributed by atoms with E-state index >= 15 is 0 Å². The van der Waals surface area contributed by atoms with E-state index in [0.717, 1.165) is 26.9 Å². The van der Waals surface area contributed by atoms with Gasteiger partial charge in [-0.05, 0) is 67.4 Å². The molecule has 1 heterocycles. The zero-order chi connectivity index (χ0) is 25.3. The van der Waals surface area contributed by atoms with E-state index in [4.69, 9.17) is 39.9 Å². The van der Waals surface area contributed by atoms with E-state index in [2.05, 4.69) is 20.7 Å². The van der Waals surface area contributed by atoms with Crippen molar-refractivity contribution < 1.29 is 8.42 Å². The van der Waals surface area contributed by atoms with Gasteiger partial charge in [0.25, 0.3) is 0 Å². The quantitative estimate of drug-likeness (QED) is 0.233. The van der Waals surface area contributed by atoms with Gasteiger partial charge in [-0.2, -0.15) is 5.10 Å². The number of aryl methyl sites for hydroxylation is 1. The summed E-state index contributed by atoms with van der Waals surface area (Å²) >= 11 is 22.1. The molecule has 0 aliphatic rings. The number of benzene rings is 3. The lowest BCUT2D eigenvalue weighted by Gasteiger charge is -2.11. The molecule has 0 unspecified atom stereocenters. The maximum absolute atomic E-state index is 13.2. The molecule has 35 heavy (non-hydrogen) atoms. The van der Waals surface area contributed by atoms with Crippen molar-refractivity contribution in [2.75, 3.05) is 0 Å². The van der Waals surface area contributed by atoms with Gasteiger partial charge in [-0.1, -0.05) is 69.8 Å². The van der Waals surface area contributed by atoms with Crippen LogP contribution >= 0.6 is 50.7 Å². The third-order valence-corrected chi connectivity index (χ3v) is 8.38. The highest BCUT2D eigenvalue weighted by molar-refractivity contribution is 9.10. The van der Waals surface area contributed by atoms with Gasteiger partial charge in [0.15, 0.2) is 0 Å². The first-order valence-electron chi connectivity index (χ1n) is 10.7. The Morgan fingerprint density at radius 3 is 2.31 bits per heavy atom. The van der Waals surface area contributed by atoms with Crippen LogP contribution in [0.3, 0.4) is 0 Å². The molecule has 4 rings (SSSR count). The molecule has 0 atom stereocenters. The van der Waals surface area contributed by atoms with Gasteiger partial charge in [0.2, 0.25) is 10.0 Å². The lowest BCUT2D eigenvalue weighted by molar-refractivity contribution is 0.578. The van der Waals surface area contributed by atoms with E-state index in [1.165, 1.54) is 0 Å². The fourth-order valence-corrected chi connectivity index (χ4v) is 6.11. The molecule has 0 aliphatic heterocycles. The second-order valence-electron chi connectivity index (χ2n) is 7.86. The second kappa shape index (κ2) is 10.6.